The SMILES string of the molecule is Cc1nccc(OC2CCN(C(=O)CC(F)(F)F)CC2)n1. The van der Waals surface area contributed by atoms with Gasteiger partial charge in [0, 0.05) is 38.2 Å². The maximum Gasteiger partial charge on any atom is 0.397 e. The highest BCUT2D eigenvalue weighted by molar-refractivity contribution is 5.76. The molecule has 2 heterocycles. The zero-order valence-electron chi connectivity index (χ0n) is 11.6. The summed E-state index contributed by atoms with van der Waals surface area (Å²) in [6, 6.07) is 1.63. The van der Waals surface area contributed by atoms with Gasteiger partial charge >= 0.3 is 6.18 Å². The fourth-order valence-corrected chi connectivity index (χ4v) is 2.18. The molecule has 0 bridgehead atoms. The molecule has 8 heteroatoms. The predicted molar refractivity (Wildman–Crippen MR) is 67.7 cm³/mol. The molecule has 116 valence electrons. The molecule has 1 saturated heterocycles. The lowest BCUT2D eigenvalue weighted by Crippen LogP contribution is -2.43. The molecular formula is C13H16F3N3O2. The van der Waals surface area contributed by atoms with E-state index in [0.717, 1.165) is 0 Å². The number of aromatic nitrogens is 2. The molecule has 0 unspecified atom stereocenters. The van der Waals surface area contributed by atoms with Crippen LogP contribution in [-0.4, -0.2) is 46.1 Å². The normalized spacial score (nSPS) is 16.9. The summed E-state index contributed by atoms with van der Waals surface area (Å²) in [5.41, 5.74) is 0. The Hall–Kier alpha value is -1.86. The van der Waals surface area contributed by atoms with Crippen LogP contribution in [0, 0.1) is 6.92 Å². The number of carbonyl (C=O) groups is 1. The van der Waals surface area contributed by atoms with E-state index in [4.69, 9.17) is 4.74 Å². The summed E-state index contributed by atoms with van der Waals surface area (Å²) in [5, 5.41) is 0. The number of amides is 1. The summed E-state index contributed by atoms with van der Waals surface area (Å²) in [6.45, 7) is 2.28. The minimum atomic E-state index is -4.46. The van der Waals surface area contributed by atoms with Crippen LogP contribution in [0.25, 0.3) is 0 Å². The molecule has 0 aliphatic carbocycles. The van der Waals surface area contributed by atoms with Crippen molar-refractivity contribution in [1.29, 1.82) is 0 Å². The number of hydrogen-bond acceptors (Lipinski definition) is 4. The van der Waals surface area contributed by atoms with Gasteiger partial charge in [-0.15, -0.1) is 0 Å². The molecule has 0 aromatic carbocycles. The molecule has 1 fully saturated rings. The average molecular weight is 303 g/mol. The van der Waals surface area contributed by atoms with Gasteiger partial charge in [-0.2, -0.15) is 18.2 Å². The number of halogens is 3. The highest BCUT2D eigenvalue weighted by atomic mass is 19.4. The van der Waals surface area contributed by atoms with E-state index in [1.807, 2.05) is 0 Å². The van der Waals surface area contributed by atoms with Crippen molar-refractivity contribution in [2.24, 2.45) is 0 Å². The zero-order chi connectivity index (χ0) is 15.5. The third-order valence-electron chi connectivity index (χ3n) is 3.18. The fraction of sp³-hybridized carbons (Fsp3) is 0.615. The lowest BCUT2D eigenvalue weighted by atomic mass is 10.1. The number of likely N-dealkylation sites (tertiary alicyclic amines) is 1. The molecule has 1 aliphatic rings. The molecule has 1 aromatic heterocycles. The van der Waals surface area contributed by atoms with E-state index >= 15 is 0 Å². The summed E-state index contributed by atoms with van der Waals surface area (Å²) in [4.78, 5) is 20.8. The van der Waals surface area contributed by atoms with Crippen molar-refractivity contribution in [2.45, 2.75) is 38.5 Å². The minimum absolute atomic E-state index is 0.144. The van der Waals surface area contributed by atoms with Crippen molar-refractivity contribution in [3.05, 3.63) is 18.1 Å². The molecular weight excluding hydrogens is 287 g/mol. The monoisotopic (exact) mass is 303 g/mol. The Morgan fingerprint density at radius 2 is 2.10 bits per heavy atom. The molecule has 2 rings (SSSR count). The topological polar surface area (TPSA) is 55.3 Å². The van der Waals surface area contributed by atoms with E-state index in [2.05, 4.69) is 9.97 Å². The molecule has 5 nitrogen and oxygen atoms in total. The molecule has 0 saturated carbocycles. The molecule has 21 heavy (non-hydrogen) atoms. The van der Waals surface area contributed by atoms with Crippen LogP contribution < -0.4 is 4.74 Å². The number of rotatable bonds is 3. The van der Waals surface area contributed by atoms with E-state index in [9.17, 15) is 18.0 Å². The van der Waals surface area contributed by atoms with Crippen molar-refractivity contribution >= 4 is 5.91 Å². The fourth-order valence-electron chi connectivity index (χ4n) is 2.18. The van der Waals surface area contributed by atoms with Crippen molar-refractivity contribution in [1.82, 2.24) is 14.9 Å². The van der Waals surface area contributed by atoms with E-state index in [-0.39, 0.29) is 19.2 Å². The summed E-state index contributed by atoms with van der Waals surface area (Å²) >= 11 is 0. The average Bonchev–Trinajstić information content (AvgIpc) is 2.37. The van der Waals surface area contributed by atoms with Crippen LogP contribution >= 0.6 is 0 Å². The van der Waals surface area contributed by atoms with Gasteiger partial charge in [-0.25, -0.2) is 4.98 Å². The van der Waals surface area contributed by atoms with E-state index in [0.29, 0.717) is 24.5 Å². The van der Waals surface area contributed by atoms with Crippen molar-refractivity contribution in [3.8, 4) is 5.88 Å². The first-order valence-corrected chi connectivity index (χ1v) is 6.64. The van der Waals surface area contributed by atoms with Gasteiger partial charge in [0.1, 0.15) is 18.3 Å². The van der Waals surface area contributed by atoms with Crippen molar-refractivity contribution in [2.75, 3.05) is 13.1 Å². The Morgan fingerprint density at radius 1 is 1.43 bits per heavy atom. The molecule has 0 radical (unpaired) electrons. The number of alkyl halides is 3. The summed E-state index contributed by atoms with van der Waals surface area (Å²) < 4.78 is 42.2. The quantitative estimate of drug-likeness (QED) is 0.858. The van der Waals surface area contributed by atoms with Crippen molar-refractivity contribution < 1.29 is 22.7 Å². The molecule has 0 atom stereocenters. The second kappa shape index (κ2) is 6.28. The first kappa shape index (κ1) is 15.5. The number of nitrogens with zero attached hydrogens (tertiary/aromatic N) is 3. The van der Waals surface area contributed by atoms with Crippen LogP contribution in [0.3, 0.4) is 0 Å². The van der Waals surface area contributed by atoms with Gasteiger partial charge in [0.2, 0.25) is 11.8 Å². The third-order valence-corrected chi connectivity index (χ3v) is 3.18. The zero-order valence-corrected chi connectivity index (χ0v) is 11.6. The Kier molecular flexibility index (Phi) is 4.64. The highest BCUT2D eigenvalue weighted by Crippen LogP contribution is 2.23. The molecule has 0 N–H and O–H groups in total. The standard InChI is InChI=1S/C13H16F3N3O2/c1-9-17-5-2-11(18-9)21-10-3-6-19(7-4-10)12(20)8-13(14,15)16/h2,5,10H,3-4,6-8H2,1H3. The maximum atomic E-state index is 12.2. The van der Waals surface area contributed by atoms with E-state index in [1.54, 1.807) is 19.2 Å². The smallest absolute Gasteiger partial charge is 0.397 e. The summed E-state index contributed by atoms with van der Waals surface area (Å²) in [5.74, 6) is 0.159. The van der Waals surface area contributed by atoms with Crippen LogP contribution in [0.15, 0.2) is 12.3 Å². The molecule has 1 aliphatic heterocycles. The third kappa shape index (κ3) is 4.87. The number of hydrogen-bond donors (Lipinski definition) is 0. The van der Waals surface area contributed by atoms with Crippen LogP contribution in [0.4, 0.5) is 13.2 Å². The van der Waals surface area contributed by atoms with Gasteiger partial charge in [-0.05, 0) is 6.92 Å². The van der Waals surface area contributed by atoms with Crippen LogP contribution in [0.2, 0.25) is 0 Å². The van der Waals surface area contributed by atoms with Gasteiger partial charge in [-0.3, -0.25) is 4.79 Å². The lowest BCUT2D eigenvalue weighted by molar-refractivity contribution is -0.162. The predicted octanol–water partition coefficient (Wildman–Crippen LogP) is 2.11. The van der Waals surface area contributed by atoms with Gasteiger partial charge in [0.15, 0.2) is 0 Å². The second-order valence-corrected chi connectivity index (χ2v) is 4.93. The Bertz CT molecular complexity index is 500. The number of piperidine rings is 1. The maximum absolute atomic E-state index is 12.2. The first-order chi connectivity index (χ1) is 9.83. The Morgan fingerprint density at radius 3 is 2.67 bits per heavy atom. The molecule has 1 aromatic rings. The second-order valence-electron chi connectivity index (χ2n) is 4.93. The Labute approximate surface area is 120 Å². The highest BCUT2D eigenvalue weighted by Gasteiger charge is 2.34. The van der Waals surface area contributed by atoms with Gasteiger partial charge in [0.25, 0.3) is 0 Å². The number of carbonyl (C=O) groups excluding carboxylic acids is 1. The number of aryl methyl sites for hydroxylation is 1. The summed E-state index contributed by atoms with van der Waals surface area (Å²) in [7, 11) is 0. The molecule has 0 spiro atoms. The van der Waals surface area contributed by atoms with Gasteiger partial charge in [-0.1, -0.05) is 0 Å². The lowest BCUT2D eigenvalue weighted by Gasteiger charge is -2.32. The Balaban J connectivity index is 1.82. The van der Waals surface area contributed by atoms with Crippen LogP contribution in [0.5, 0.6) is 5.88 Å². The van der Waals surface area contributed by atoms with Crippen LogP contribution in [0.1, 0.15) is 25.1 Å². The van der Waals surface area contributed by atoms with E-state index in [1.165, 1.54) is 4.90 Å². The van der Waals surface area contributed by atoms with E-state index < -0.39 is 18.5 Å². The van der Waals surface area contributed by atoms with Crippen LogP contribution in [-0.2, 0) is 4.79 Å². The van der Waals surface area contributed by atoms with Gasteiger partial charge < -0.3 is 9.64 Å². The van der Waals surface area contributed by atoms with Crippen molar-refractivity contribution in [3.63, 3.8) is 0 Å². The molecule has 1 amide bonds. The minimum Gasteiger partial charge on any atom is -0.474 e. The number of ether oxygens (including phenoxy) is 1. The largest absolute Gasteiger partial charge is 0.474 e. The van der Waals surface area contributed by atoms with Gasteiger partial charge in [0.05, 0.1) is 0 Å². The summed E-state index contributed by atoms with van der Waals surface area (Å²) in [6.07, 6.45) is -3.43. The first-order valence-electron chi connectivity index (χ1n) is 6.64.